The summed E-state index contributed by atoms with van der Waals surface area (Å²) in [6, 6.07) is 4.27. The van der Waals surface area contributed by atoms with Crippen LogP contribution in [-0.2, 0) is 4.79 Å². The maximum absolute atomic E-state index is 11.1. The predicted molar refractivity (Wildman–Crippen MR) is 71.6 cm³/mol. The molecule has 0 aliphatic carbocycles. The summed E-state index contributed by atoms with van der Waals surface area (Å²) in [6.45, 7) is 0. The number of ether oxygens (including phenoxy) is 1. The average Bonchev–Trinajstić information content (AvgIpc) is 2.43. The second-order valence-electron chi connectivity index (χ2n) is 3.84. The highest BCUT2D eigenvalue weighted by atomic mass is 16.6. The van der Waals surface area contributed by atoms with Gasteiger partial charge in [-0.3, -0.25) is 15.1 Å². The topological polar surface area (TPSA) is 103 Å². The van der Waals surface area contributed by atoms with Gasteiger partial charge in [0.05, 0.1) is 17.4 Å². The van der Waals surface area contributed by atoms with Crippen molar-refractivity contribution in [2.75, 3.05) is 7.11 Å². The lowest BCUT2D eigenvalue weighted by molar-refractivity contribution is -0.383. The Labute approximate surface area is 113 Å². The Hall–Kier alpha value is -2.96. The number of aliphatic carboxylic acids is 1. The van der Waals surface area contributed by atoms with Crippen LogP contribution in [0.5, 0.6) is 5.75 Å². The number of rotatable bonds is 4. The molecule has 7 nitrogen and oxygen atoms in total. The first kappa shape index (κ1) is 13.5. The molecule has 20 heavy (non-hydrogen) atoms. The molecular formula is C13H10N2O5. The van der Waals surface area contributed by atoms with Crippen molar-refractivity contribution in [2.45, 2.75) is 0 Å². The van der Waals surface area contributed by atoms with E-state index in [9.17, 15) is 14.9 Å². The van der Waals surface area contributed by atoms with Crippen molar-refractivity contribution in [2.24, 2.45) is 0 Å². The van der Waals surface area contributed by atoms with E-state index in [-0.39, 0.29) is 11.1 Å². The SMILES string of the molecule is COc1ccc([N+](=O)[O-])c2c(C=CC(=O)O)ccnc12. The molecule has 0 amide bonds. The summed E-state index contributed by atoms with van der Waals surface area (Å²) in [6.07, 6.45) is 3.65. The number of aromatic nitrogens is 1. The first-order chi connectivity index (χ1) is 9.54. The molecular weight excluding hydrogens is 264 g/mol. The van der Waals surface area contributed by atoms with Gasteiger partial charge in [0.2, 0.25) is 0 Å². The highest BCUT2D eigenvalue weighted by Gasteiger charge is 2.18. The van der Waals surface area contributed by atoms with E-state index in [1.54, 1.807) is 0 Å². The second-order valence-corrected chi connectivity index (χ2v) is 3.84. The lowest BCUT2D eigenvalue weighted by atomic mass is 10.1. The lowest BCUT2D eigenvalue weighted by Crippen LogP contribution is -1.96. The molecule has 0 fully saturated rings. The Morgan fingerprint density at radius 3 is 2.80 bits per heavy atom. The Kier molecular flexibility index (Phi) is 3.60. The molecule has 0 unspecified atom stereocenters. The minimum Gasteiger partial charge on any atom is -0.494 e. The Morgan fingerprint density at radius 2 is 2.20 bits per heavy atom. The summed E-state index contributed by atoms with van der Waals surface area (Å²) in [7, 11) is 1.43. The molecule has 0 bridgehead atoms. The van der Waals surface area contributed by atoms with Gasteiger partial charge in [-0.05, 0) is 23.8 Å². The predicted octanol–water partition coefficient (Wildman–Crippen LogP) is 2.25. The van der Waals surface area contributed by atoms with Crippen LogP contribution in [0.25, 0.3) is 17.0 Å². The Balaban J connectivity index is 2.82. The molecule has 7 heteroatoms. The number of benzene rings is 1. The van der Waals surface area contributed by atoms with Gasteiger partial charge < -0.3 is 9.84 Å². The second kappa shape index (κ2) is 5.35. The summed E-state index contributed by atoms with van der Waals surface area (Å²) in [5.74, 6) is -0.753. The maximum atomic E-state index is 11.1. The van der Waals surface area contributed by atoms with Crippen LogP contribution in [0.3, 0.4) is 0 Å². The molecule has 1 aromatic heterocycles. The highest BCUT2D eigenvalue weighted by Crippen LogP contribution is 2.34. The molecule has 1 heterocycles. The average molecular weight is 274 g/mol. The molecule has 0 aliphatic heterocycles. The van der Waals surface area contributed by atoms with E-state index >= 15 is 0 Å². The lowest BCUT2D eigenvalue weighted by Gasteiger charge is -2.07. The summed E-state index contributed by atoms with van der Waals surface area (Å²) >= 11 is 0. The van der Waals surface area contributed by atoms with Crippen molar-refractivity contribution in [3.05, 3.63) is 46.1 Å². The molecule has 102 valence electrons. The van der Waals surface area contributed by atoms with Gasteiger partial charge >= 0.3 is 5.97 Å². The number of nitro groups is 1. The van der Waals surface area contributed by atoms with Gasteiger partial charge in [0.1, 0.15) is 11.3 Å². The number of pyridine rings is 1. The molecule has 1 N–H and O–H groups in total. The third-order valence-corrected chi connectivity index (χ3v) is 2.69. The minimum atomic E-state index is -1.14. The number of fused-ring (bicyclic) bond motifs is 1. The quantitative estimate of drug-likeness (QED) is 0.521. The third kappa shape index (κ3) is 2.41. The van der Waals surface area contributed by atoms with E-state index in [1.165, 1.54) is 37.6 Å². The Bertz CT molecular complexity index is 724. The van der Waals surface area contributed by atoms with Crippen molar-refractivity contribution in [3.63, 3.8) is 0 Å². The largest absolute Gasteiger partial charge is 0.494 e. The van der Waals surface area contributed by atoms with Crippen LogP contribution in [0, 0.1) is 10.1 Å². The van der Waals surface area contributed by atoms with Crippen LogP contribution < -0.4 is 4.74 Å². The zero-order valence-corrected chi connectivity index (χ0v) is 10.4. The van der Waals surface area contributed by atoms with Crippen LogP contribution in [0.4, 0.5) is 5.69 Å². The van der Waals surface area contributed by atoms with E-state index in [2.05, 4.69) is 4.98 Å². The molecule has 0 atom stereocenters. The van der Waals surface area contributed by atoms with Gasteiger partial charge in [-0.25, -0.2) is 4.79 Å². The van der Waals surface area contributed by atoms with Gasteiger partial charge in [-0.15, -0.1) is 0 Å². The number of methoxy groups -OCH3 is 1. The number of non-ortho nitro benzene ring substituents is 1. The smallest absolute Gasteiger partial charge is 0.328 e. The summed E-state index contributed by atoms with van der Waals surface area (Å²) in [4.78, 5) is 25.2. The van der Waals surface area contributed by atoms with E-state index in [1.807, 2.05) is 0 Å². The number of carboxylic acids is 1. The Morgan fingerprint density at radius 1 is 1.45 bits per heavy atom. The van der Waals surface area contributed by atoms with E-state index < -0.39 is 10.9 Å². The third-order valence-electron chi connectivity index (χ3n) is 2.69. The normalized spacial score (nSPS) is 10.8. The fraction of sp³-hybridized carbons (Fsp3) is 0.0769. The zero-order valence-electron chi connectivity index (χ0n) is 10.4. The van der Waals surface area contributed by atoms with Crippen molar-refractivity contribution in [1.29, 1.82) is 0 Å². The van der Waals surface area contributed by atoms with Crippen molar-refractivity contribution in [3.8, 4) is 5.75 Å². The van der Waals surface area contributed by atoms with Crippen LogP contribution in [0.15, 0.2) is 30.5 Å². The molecule has 0 saturated heterocycles. The first-order valence-electron chi connectivity index (χ1n) is 5.55. The number of nitro benzene ring substituents is 1. The molecule has 0 radical (unpaired) electrons. The molecule has 0 spiro atoms. The molecule has 2 rings (SSSR count). The van der Waals surface area contributed by atoms with Crippen molar-refractivity contribution < 1.29 is 19.6 Å². The van der Waals surface area contributed by atoms with Crippen LogP contribution in [-0.4, -0.2) is 28.1 Å². The first-order valence-corrected chi connectivity index (χ1v) is 5.55. The standard InChI is InChI=1S/C13H10N2O5/c1-20-10-4-3-9(15(18)19)12-8(2-5-11(16)17)6-7-14-13(10)12/h2-7H,1H3,(H,16,17). The zero-order chi connectivity index (χ0) is 14.7. The molecule has 1 aromatic carbocycles. The molecule has 2 aromatic rings. The van der Waals surface area contributed by atoms with Gasteiger partial charge in [-0.2, -0.15) is 0 Å². The van der Waals surface area contributed by atoms with E-state index in [0.29, 0.717) is 16.8 Å². The van der Waals surface area contributed by atoms with Crippen LogP contribution in [0.2, 0.25) is 0 Å². The number of hydrogen-bond donors (Lipinski definition) is 1. The summed E-state index contributed by atoms with van der Waals surface area (Å²) < 4.78 is 5.12. The number of nitrogens with zero attached hydrogens (tertiary/aromatic N) is 2. The fourth-order valence-electron chi connectivity index (χ4n) is 1.87. The van der Waals surface area contributed by atoms with E-state index in [0.717, 1.165) is 6.08 Å². The van der Waals surface area contributed by atoms with Crippen LogP contribution >= 0.6 is 0 Å². The van der Waals surface area contributed by atoms with Crippen LogP contribution in [0.1, 0.15) is 5.56 Å². The number of carbonyl (C=O) groups is 1. The van der Waals surface area contributed by atoms with Gasteiger partial charge in [-0.1, -0.05) is 0 Å². The molecule has 0 aliphatic rings. The fourth-order valence-corrected chi connectivity index (χ4v) is 1.87. The minimum absolute atomic E-state index is 0.154. The van der Waals surface area contributed by atoms with Crippen molar-refractivity contribution >= 4 is 28.6 Å². The maximum Gasteiger partial charge on any atom is 0.328 e. The van der Waals surface area contributed by atoms with Gasteiger partial charge in [0.15, 0.2) is 0 Å². The number of carboxylic acid groups (broad SMARTS) is 1. The van der Waals surface area contributed by atoms with Gasteiger partial charge in [0, 0.05) is 18.3 Å². The monoisotopic (exact) mass is 274 g/mol. The van der Waals surface area contributed by atoms with Gasteiger partial charge in [0.25, 0.3) is 5.69 Å². The number of hydrogen-bond acceptors (Lipinski definition) is 5. The summed E-state index contributed by atoms with van der Waals surface area (Å²) in [5.41, 5.74) is 0.552. The van der Waals surface area contributed by atoms with Crippen molar-refractivity contribution in [1.82, 2.24) is 4.98 Å². The molecule has 0 saturated carbocycles. The summed E-state index contributed by atoms with van der Waals surface area (Å²) in [5, 5.41) is 20.0. The highest BCUT2D eigenvalue weighted by molar-refractivity contribution is 6.00. The van der Waals surface area contributed by atoms with E-state index in [4.69, 9.17) is 9.84 Å².